The Morgan fingerprint density at radius 2 is 2.20 bits per heavy atom. The second-order valence-electron chi connectivity index (χ2n) is 4.34. The van der Waals surface area contributed by atoms with Crippen molar-refractivity contribution in [2.75, 3.05) is 31.7 Å². The monoisotopic (exact) mass is 280 g/mol. The Morgan fingerprint density at radius 3 is 2.80 bits per heavy atom. The van der Waals surface area contributed by atoms with Gasteiger partial charge in [-0.25, -0.2) is 0 Å². The molecular formula is C14H20N2O4. The standard InChI is InChI=1S/C14H20N2O4/c1-4-20-14-8-12(7-13(9-14)16(17)18)15-5-6-19-10-11(2)3/h7-9,15H,2,4-6,10H2,1,3H3. The van der Waals surface area contributed by atoms with E-state index in [-0.39, 0.29) is 5.69 Å². The molecular weight excluding hydrogens is 260 g/mol. The molecule has 0 spiro atoms. The van der Waals surface area contributed by atoms with Gasteiger partial charge in [0, 0.05) is 24.4 Å². The highest BCUT2D eigenvalue weighted by atomic mass is 16.6. The van der Waals surface area contributed by atoms with Crippen LogP contribution in [0.25, 0.3) is 0 Å². The highest BCUT2D eigenvalue weighted by molar-refractivity contribution is 5.56. The summed E-state index contributed by atoms with van der Waals surface area (Å²) in [5, 5.41) is 13.9. The first-order chi connectivity index (χ1) is 9.52. The molecule has 6 nitrogen and oxygen atoms in total. The molecule has 0 unspecified atom stereocenters. The highest BCUT2D eigenvalue weighted by Gasteiger charge is 2.10. The van der Waals surface area contributed by atoms with Crippen molar-refractivity contribution >= 4 is 11.4 Å². The van der Waals surface area contributed by atoms with Crippen LogP contribution in [0.2, 0.25) is 0 Å². The molecule has 0 aliphatic rings. The van der Waals surface area contributed by atoms with Gasteiger partial charge in [-0.3, -0.25) is 10.1 Å². The third-order valence-electron chi connectivity index (χ3n) is 2.34. The Morgan fingerprint density at radius 1 is 1.45 bits per heavy atom. The van der Waals surface area contributed by atoms with Crippen LogP contribution in [0, 0.1) is 10.1 Å². The molecule has 0 aliphatic carbocycles. The predicted molar refractivity (Wildman–Crippen MR) is 78.4 cm³/mol. The Hall–Kier alpha value is -2.08. The largest absolute Gasteiger partial charge is 0.494 e. The third kappa shape index (κ3) is 5.71. The maximum Gasteiger partial charge on any atom is 0.275 e. The first kappa shape index (κ1) is 16.0. The molecule has 0 fully saturated rings. The number of non-ortho nitro benzene ring substituents is 1. The summed E-state index contributed by atoms with van der Waals surface area (Å²) in [6.45, 7) is 9.49. The van der Waals surface area contributed by atoms with E-state index >= 15 is 0 Å². The van der Waals surface area contributed by atoms with E-state index in [9.17, 15) is 10.1 Å². The summed E-state index contributed by atoms with van der Waals surface area (Å²) < 4.78 is 10.7. The van der Waals surface area contributed by atoms with Crippen LogP contribution in [0.5, 0.6) is 5.75 Å². The fourth-order valence-electron chi connectivity index (χ4n) is 1.55. The SMILES string of the molecule is C=C(C)COCCNc1cc(OCC)cc([N+](=O)[O-])c1. The van der Waals surface area contributed by atoms with Gasteiger partial charge >= 0.3 is 0 Å². The Labute approximate surface area is 118 Å². The van der Waals surface area contributed by atoms with E-state index in [0.29, 0.717) is 37.8 Å². The van der Waals surface area contributed by atoms with E-state index in [1.807, 2.05) is 13.8 Å². The van der Waals surface area contributed by atoms with Gasteiger partial charge in [0.15, 0.2) is 0 Å². The minimum Gasteiger partial charge on any atom is -0.494 e. The Kier molecular flexibility index (Phi) is 6.52. The lowest BCUT2D eigenvalue weighted by molar-refractivity contribution is -0.384. The van der Waals surface area contributed by atoms with Crippen molar-refractivity contribution in [2.45, 2.75) is 13.8 Å². The molecule has 0 bridgehead atoms. The Bertz CT molecular complexity index is 474. The number of hydrogen-bond acceptors (Lipinski definition) is 5. The van der Waals surface area contributed by atoms with E-state index in [1.165, 1.54) is 12.1 Å². The second kappa shape index (κ2) is 8.16. The quantitative estimate of drug-likeness (QED) is 0.326. The number of anilines is 1. The first-order valence-corrected chi connectivity index (χ1v) is 6.41. The highest BCUT2D eigenvalue weighted by Crippen LogP contribution is 2.25. The zero-order valence-electron chi connectivity index (χ0n) is 11.8. The number of ether oxygens (including phenoxy) is 2. The van der Waals surface area contributed by atoms with Crippen molar-refractivity contribution < 1.29 is 14.4 Å². The molecule has 6 heteroatoms. The molecule has 110 valence electrons. The molecule has 0 radical (unpaired) electrons. The number of benzene rings is 1. The van der Waals surface area contributed by atoms with Crippen LogP contribution in [0.1, 0.15) is 13.8 Å². The molecule has 1 aromatic rings. The molecule has 0 aromatic heterocycles. The van der Waals surface area contributed by atoms with Gasteiger partial charge in [-0.1, -0.05) is 12.2 Å². The average molecular weight is 280 g/mol. The summed E-state index contributed by atoms with van der Waals surface area (Å²) in [7, 11) is 0. The number of nitrogens with zero attached hydrogens (tertiary/aromatic N) is 1. The van der Waals surface area contributed by atoms with Gasteiger partial charge in [-0.15, -0.1) is 0 Å². The summed E-state index contributed by atoms with van der Waals surface area (Å²) in [6, 6.07) is 4.61. The molecule has 1 rings (SSSR count). The normalized spacial score (nSPS) is 10.1. The topological polar surface area (TPSA) is 73.6 Å². The first-order valence-electron chi connectivity index (χ1n) is 6.41. The zero-order valence-corrected chi connectivity index (χ0v) is 11.8. The van der Waals surface area contributed by atoms with E-state index in [2.05, 4.69) is 11.9 Å². The third-order valence-corrected chi connectivity index (χ3v) is 2.34. The van der Waals surface area contributed by atoms with Crippen LogP contribution in [-0.4, -0.2) is 31.3 Å². The molecule has 0 saturated carbocycles. The van der Waals surface area contributed by atoms with Gasteiger partial charge in [0.1, 0.15) is 5.75 Å². The summed E-state index contributed by atoms with van der Waals surface area (Å²) in [4.78, 5) is 10.4. The minimum absolute atomic E-state index is 0.00121. The molecule has 20 heavy (non-hydrogen) atoms. The summed E-state index contributed by atoms with van der Waals surface area (Å²) in [5.41, 5.74) is 1.60. The van der Waals surface area contributed by atoms with Crippen molar-refractivity contribution in [3.05, 3.63) is 40.5 Å². The zero-order chi connectivity index (χ0) is 15.0. The smallest absolute Gasteiger partial charge is 0.275 e. The van der Waals surface area contributed by atoms with Gasteiger partial charge < -0.3 is 14.8 Å². The van der Waals surface area contributed by atoms with Crippen LogP contribution in [-0.2, 0) is 4.74 Å². The molecule has 1 N–H and O–H groups in total. The van der Waals surface area contributed by atoms with Gasteiger partial charge in [-0.2, -0.15) is 0 Å². The van der Waals surface area contributed by atoms with E-state index < -0.39 is 4.92 Å². The lowest BCUT2D eigenvalue weighted by atomic mass is 10.2. The predicted octanol–water partition coefficient (Wildman–Crippen LogP) is 3.00. The van der Waals surface area contributed by atoms with Crippen molar-refractivity contribution in [2.24, 2.45) is 0 Å². The molecule has 0 amide bonds. The van der Waals surface area contributed by atoms with Crippen molar-refractivity contribution in [3.8, 4) is 5.75 Å². The molecule has 0 aliphatic heterocycles. The summed E-state index contributed by atoms with van der Waals surface area (Å²) >= 11 is 0. The van der Waals surface area contributed by atoms with E-state index in [4.69, 9.17) is 9.47 Å². The Balaban J connectivity index is 2.59. The maximum absolute atomic E-state index is 10.8. The van der Waals surface area contributed by atoms with Crippen LogP contribution in [0.3, 0.4) is 0 Å². The fraction of sp³-hybridized carbons (Fsp3) is 0.429. The van der Waals surface area contributed by atoms with Gasteiger partial charge in [0.2, 0.25) is 0 Å². The lowest BCUT2D eigenvalue weighted by Crippen LogP contribution is -2.10. The molecule has 1 aromatic carbocycles. The summed E-state index contributed by atoms with van der Waals surface area (Å²) in [6.07, 6.45) is 0. The van der Waals surface area contributed by atoms with Crippen molar-refractivity contribution in [1.29, 1.82) is 0 Å². The maximum atomic E-state index is 10.8. The summed E-state index contributed by atoms with van der Waals surface area (Å²) in [5.74, 6) is 0.479. The molecule has 0 atom stereocenters. The number of nitro groups is 1. The van der Waals surface area contributed by atoms with Crippen LogP contribution in [0.15, 0.2) is 30.4 Å². The van der Waals surface area contributed by atoms with Crippen LogP contribution in [0.4, 0.5) is 11.4 Å². The van der Waals surface area contributed by atoms with Gasteiger partial charge in [-0.05, 0) is 13.8 Å². The number of nitrogens with one attached hydrogen (secondary N) is 1. The van der Waals surface area contributed by atoms with Crippen molar-refractivity contribution in [3.63, 3.8) is 0 Å². The number of nitro benzene ring substituents is 1. The van der Waals surface area contributed by atoms with Crippen molar-refractivity contribution in [1.82, 2.24) is 0 Å². The number of rotatable bonds is 9. The number of hydrogen-bond donors (Lipinski definition) is 1. The second-order valence-corrected chi connectivity index (χ2v) is 4.34. The molecule has 0 heterocycles. The van der Waals surface area contributed by atoms with Gasteiger partial charge in [0.25, 0.3) is 5.69 Å². The fourth-order valence-corrected chi connectivity index (χ4v) is 1.55. The molecule has 0 saturated heterocycles. The minimum atomic E-state index is -0.439. The lowest BCUT2D eigenvalue weighted by Gasteiger charge is -2.09. The van der Waals surface area contributed by atoms with Crippen LogP contribution < -0.4 is 10.1 Å². The average Bonchev–Trinajstić information content (AvgIpc) is 2.38. The van der Waals surface area contributed by atoms with E-state index in [1.54, 1.807) is 6.07 Å². The van der Waals surface area contributed by atoms with Gasteiger partial charge in [0.05, 0.1) is 30.8 Å². The van der Waals surface area contributed by atoms with E-state index in [0.717, 1.165) is 5.57 Å². The van der Waals surface area contributed by atoms with Crippen LogP contribution >= 0.6 is 0 Å².